The van der Waals surface area contributed by atoms with Crippen molar-refractivity contribution in [3.8, 4) is 17.4 Å². The van der Waals surface area contributed by atoms with E-state index in [2.05, 4.69) is 16.0 Å². The number of hydrogen-bond acceptors (Lipinski definition) is 7. The Morgan fingerprint density at radius 2 is 2.09 bits per heavy atom. The number of carbonyl (C=O) groups excluding carboxylic acids is 1. The van der Waals surface area contributed by atoms with Crippen molar-refractivity contribution in [2.24, 2.45) is 5.92 Å². The van der Waals surface area contributed by atoms with Crippen molar-refractivity contribution in [3.63, 3.8) is 0 Å². The average Bonchev–Trinajstić information content (AvgIpc) is 3.47. The molecule has 2 unspecified atom stereocenters. The van der Waals surface area contributed by atoms with Gasteiger partial charge in [0.25, 0.3) is 0 Å². The molecule has 2 N–H and O–H groups in total. The van der Waals surface area contributed by atoms with Crippen LogP contribution in [-0.4, -0.2) is 76.4 Å². The zero-order valence-electron chi connectivity index (χ0n) is 19.5. The van der Waals surface area contributed by atoms with Crippen LogP contribution < -0.4 is 19.1 Å². The Balaban J connectivity index is 0.00000274. The molecule has 1 aromatic heterocycles. The van der Waals surface area contributed by atoms with Crippen molar-refractivity contribution in [2.75, 3.05) is 49.8 Å². The quantitative estimate of drug-likeness (QED) is 0.630. The van der Waals surface area contributed by atoms with Crippen LogP contribution in [0.2, 0.25) is 0 Å². The molecule has 1 amide bonds. The Labute approximate surface area is 201 Å². The molecule has 3 aliphatic rings. The van der Waals surface area contributed by atoms with Gasteiger partial charge in [0, 0.05) is 46.9 Å². The first-order valence-electron chi connectivity index (χ1n) is 11.4. The molecule has 0 saturated carbocycles. The molecule has 3 atom stereocenters. The summed E-state index contributed by atoms with van der Waals surface area (Å²) in [5.41, 5.74) is 2.88. The number of nitrogens with zero attached hydrogens (tertiary/aromatic N) is 3. The van der Waals surface area contributed by atoms with Crippen LogP contribution in [0.4, 0.5) is 11.4 Å². The fourth-order valence-electron chi connectivity index (χ4n) is 4.78. The lowest BCUT2D eigenvalue weighted by atomic mass is 10.1. The first-order valence-corrected chi connectivity index (χ1v) is 12.9. The highest BCUT2D eigenvalue weighted by Gasteiger charge is 2.35. The number of carbonyl (C=O) groups is 1. The fraction of sp³-hybridized carbons (Fsp3) is 0.500. The number of hydrogen-bond donors (Lipinski definition) is 0. The van der Waals surface area contributed by atoms with E-state index in [1.165, 1.54) is 0 Å². The number of pyridine rings is 1. The zero-order valence-corrected chi connectivity index (χ0v) is 20.3. The molecule has 2 fully saturated rings. The van der Waals surface area contributed by atoms with E-state index in [0.717, 1.165) is 41.3 Å². The minimum absolute atomic E-state index is 0. The summed E-state index contributed by atoms with van der Waals surface area (Å²) in [5.74, 6) is 3.35. The van der Waals surface area contributed by atoms with E-state index in [1.807, 2.05) is 36.2 Å². The Kier molecular flexibility index (Phi) is 7.27. The van der Waals surface area contributed by atoms with Gasteiger partial charge in [-0.05, 0) is 31.5 Å². The van der Waals surface area contributed by atoms with Gasteiger partial charge >= 0.3 is 0 Å². The Hall–Kier alpha value is -2.85. The van der Waals surface area contributed by atoms with Crippen molar-refractivity contribution in [3.05, 3.63) is 36.0 Å². The lowest BCUT2D eigenvalue weighted by molar-refractivity contribution is -0.133. The number of rotatable bonds is 5. The number of fused-ring (bicyclic) bond motifs is 1. The van der Waals surface area contributed by atoms with Gasteiger partial charge in [0.05, 0.1) is 43.7 Å². The minimum Gasteiger partial charge on any atom is -0.490 e. The summed E-state index contributed by atoms with van der Waals surface area (Å²) < 4.78 is 29.1. The molecule has 0 bridgehead atoms. The summed E-state index contributed by atoms with van der Waals surface area (Å²) in [5, 5.41) is 0. The lowest BCUT2D eigenvalue weighted by Gasteiger charge is -2.32. The first-order chi connectivity index (χ1) is 16.0. The highest BCUT2D eigenvalue weighted by molar-refractivity contribution is 7.85. The molecule has 0 radical (unpaired) electrons. The van der Waals surface area contributed by atoms with Gasteiger partial charge in [-0.1, -0.05) is 0 Å². The number of aryl methyl sites for hydroxylation is 1. The summed E-state index contributed by atoms with van der Waals surface area (Å²) in [7, 11) is 0.775. The van der Waals surface area contributed by atoms with Crippen molar-refractivity contribution in [1.82, 2.24) is 9.88 Å². The SMILES string of the molecule is COc1ncc(N2CCOc3ccc(O[C@H]4CCN(C(=O)C5CCS(=O)C5)C4)cc32)cc1C.O. The minimum atomic E-state index is -0.845. The van der Waals surface area contributed by atoms with E-state index >= 15 is 0 Å². The molecule has 1 aromatic carbocycles. The first kappa shape index (κ1) is 24.3. The molecule has 184 valence electrons. The maximum absolute atomic E-state index is 12.8. The molecule has 0 spiro atoms. The highest BCUT2D eigenvalue weighted by atomic mass is 32.2. The van der Waals surface area contributed by atoms with Gasteiger partial charge in [-0.25, -0.2) is 4.98 Å². The Morgan fingerprint density at radius 1 is 1.24 bits per heavy atom. The van der Waals surface area contributed by atoms with Crippen LogP contribution in [-0.2, 0) is 15.6 Å². The van der Waals surface area contributed by atoms with Gasteiger partial charge in [0.15, 0.2) is 0 Å². The second-order valence-electron chi connectivity index (χ2n) is 8.76. The third-order valence-corrected chi connectivity index (χ3v) is 7.97. The second-order valence-corrected chi connectivity index (χ2v) is 10.4. The molecular formula is C24H31N3O6S. The second kappa shape index (κ2) is 10.2. The summed E-state index contributed by atoms with van der Waals surface area (Å²) in [6.07, 6.45) is 3.28. The molecule has 4 heterocycles. The number of amides is 1. The van der Waals surface area contributed by atoms with E-state index in [-0.39, 0.29) is 23.4 Å². The van der Waals surface area contributed by atoms with Crippen LogP contribution in [0.5, 0.6) is 17.4 Å². The van der Waals surface area contributed by atoms with E-state index in [9.17, 15) is 9.00 Å². The summed E-state index contributed by atoms with van der Waals surface area (Å²) in [6.45, 7) is 4.53. The van der Waals surface area contributed by atoms with E-state index in [4.69, 9.17) is 14.2 Å². The van der Waals surface area contributed by atoms with Crippen LogP contribution >= 0.6 is 0 Å². The Morgan fingerprint density at radius 3 is 2.82 bits per heavy atom. The normalized spacial score (nSPS) is 23.6. The van der Waals surface area contributed by atoms with Gasteiger partial charge in [-0.2, -0.15) is 0 Å². The van der Waals surface area contributed by atoms with Crippen molar-refractivity contribution >= 4 is 28.1 Å². The number of methoxy groups -OCH3 is 1. The molecule has 9 nitrogen and oxygen atoms in total. The number of benzene rings is 1. The van der Waals surface area contributed by atoms with Crippen LogP contribution in [0.3, 0.4) is 0 Å². The van der Waals surface area contributed by atoms with Crippen LogP contribution in [0, 0.1) is 12.8 Å². The molecule has 5 rings (SSSR count). The van der Waals surface area contributed by atoms with Gasteiger partial charge in [-0.3, -0.25) is 9.00 Å². The van der Waals surface area contributed by atoms with Crippen LogP contribution in [0.25, 0.3) is 0 Å². The van der Waals surface area contributed by atoms with Gasteiger partial charge in [-0.15, -0.1) is 0 Å². The highest BCUT2D eigenvalue weighted by Crippen LogP contribution is 2.40. The topological polar surface area (TPSA) is 113 Å². The van der Waals surface area contributed by atoms with Gasteiger partial charge < -0.3 is 29.5 Å². The fourth-order valence-corrected chi connectivity index (χ4v) is 6.25. The maximum Gasteiger partial charge on any atom is 0.226 e. The van der Waals surface area contributed by atoms with E-state index in [1.54, 1.807) is 7.11 Å². The monoisotopic (exact) mass is 489 g/mol. The smallest absolute Gasteiger partial charge is 0.226 e. The molecule has 3 aliphatic heterocycles. The number of likely N-dealkylation sites (tertiary alicyclic amines) is 1. The maximum atomic E-state index is 12.8. The predicted octanol–water partition coefficient (Wildman–Crippen LogP) is 1.85. The van der Waals surface area contributed by atoms with Gasteiger partial charge in [0.2, 0.25) is 11.8 Å². The van der Waals surface area contributed by atoms with E-state index < -0.39 is 10.8 Å². The largest absolute Gasteiger partial charge is 0.490 e. The van der Waals surface area contributed by atoms with Gasteiger partial charge in [0.1, 0.15) is 24.2 Å². The molecule has 0 aliphatic carbocycles. The van der Waals surface area contributed by atoms with Crippen molar-refractivity contribution in [2.45, 2.75) is 25.9 Å². The van der Waals surface area contributed by atoms with E-state index in [0.29, 0.717) is 43.6 Å². The summed E-state index contributed by atoms with van der Waals surface area (Å²) in [4.78, 5) is 21.2. The number of aromatic nitrogens is 1. The zero-order chi connectivity index (χ0) is 22.9. The third kappa shape index (κ3) is 4.83. The Bertz CT molecular complexity index is 1080. The number of ether oxygens (including phenoxy) is 3. The van der Waals surface area contributed by atoms with Crippen LogP contribution in [0.1, 0.15) is 18.4 Å². The number of anilines is 2. The summed E-state index contributed by atoms with van der Waals surface area (Å²) in [6, 6.07) is 7.92. The van der Waals surface area contributed by atoms with Crippen LogP contribution in [0.15, 0.2) is 30.5 Å². The lowest BCUT2D eigenvalue weighted by Crippen LogP contribution is -2.36. The van der Waals surface area contributed by atoms with Crippen molar-refractivity contribution < 1.29 is 28.7 Å². The molecule has 34 heavy (non-hydrogen) atoms. The predicted molar refractivity (Wildman–Crippen MR) is 130 cm³/mol. The molecule has 2 aromatic rings. The summed E-state index contributed by atoms with van der Waals surface area (Å²) >= 11 is 0. The molecule has 2 saturated heterocycles. The standard InChI is InChI=1S/C24H29N3O5S.H2O/c1-16-11-18(13-25-23(16)30-2)27-8-9-31-22-4-3-19(12-21(22)27)32-20-5-7-26(14-20)24(28)17-6-10-33(29)15-17;/h3-4,11-13,17,20H,5-10,14-15H2,1-2H3;1H2/t17?,20-,33?;/m0./s1. The van der Waals surface area contributed by atoms with Crippen molar-refractivity contribution in [1.29, 1.82) is 0 Å². The molecule has 10 heteroatoms. The molecular weight excluding hydrogens is 458 g/mol. The third-order valence-electron chi connectivity index (χ3n) is 6.50. The average molecular weight is 490 g/mol.